The van der Waals surface area contributed by atoms with Gasteiger partial charge in [-0.05, 0) is 43.9 Å². The Kier molecular flexibility index (Phi) is 10.2. The molecule has 0 aromatic heterocycles. The van der Waals surface area contributed by atoms with Gasteiger partial charge in [-0.1, -0.05) is 78.4 Å². The smallest absolute Gasteiger partial charge is 0.0132 e. The Morgan fingerprint density at radius 3 is 2.26 bits per heavy atom. The zero-order valence-electron chi connectivity index (χ0n) is 12.5. The van der Waals surface area contributed by atoms with E-state index in [2.05, 4.69) is 61.5 Å². The highest BCUT2D eigenvalue weighted by Gasteiger charge is 2.03. The van der Waals surface area contributed by atoms with Crippen LogP contribution in [0.15, 0.2) is 70.3 Å². The molecule has 0 aromatic rings. The van der Waals surface area contributed by atoms with Gasteiger partial charge in [0.1, 0.15) is 0 Å². The number of hydrogen-bond donors (Lipinski definition) is 0. The van der Waals surface area contributed by atoms with Crippen molar-refractivity contribution in [3.05, 3.63) is 70.3 Å². The van der Waals surface area contributed by atoms with Gasteiger partial charge in [0.05, 0.1) is 0 Å². The van der Waals surface area contributed by atoms with Gasteiger partial charge in [-0.2, -0.15) is 0 Å². The predicted molar refractivity (Wildman–Crippen MR) is 92.5 cm³/mol. The quantitative estimate of drug-likeness (QED) is 0.461. The van der Waals surface area contributed by atoms with Crippen LogP contribution in [0.25, 0.3) is 0 Å². The summed E-state index contributed by atoms with van der Waals surface area (Å²) in [6.07, 6.45) is 16.4. The zero-order valence-corrected chi connectivity index (χ0v) is 14.1. The maximum Gasteiger partial charge on any atom is 0.0132 e. The van der Waals surface area contributed by atoms with Crippen LogP contribution in [0.2, 0.25) is 0 Å². The molecule has 0 aliphatic carbocycles. The lowest BCUT2D eigenvalue weighted by Gasteiger charge is -2.10. The standard InChI is InChI=1S/C18H25Br/c1-6-10-11-12-16(8-3)18(15(5)7-2)14-13-17(19)9-4/h6,9-14H,1,7-8H2,2-5H3/b11-10-,14-13-,16-12+,17-9+,18-15?. The first-order valence-electron chi connectivity index (χ1n) is 6.78. The van der Waals surface area contributed by atoms with Crippen molar-refractivity contribution in [1.82, 2.24) is 0 Å². The van der Waals surface area contributed by atoms with E-state index >= 15 is 0 Å². The Morgan fingerprint density at radius 1 is 1.11 bits per heavy atom. The molecule has 104 valence electrons. The second kappa shape index (κ2) is 10.8. The van der Waals surface area contributed by atoms with Crippen LogP contribution in [-0.4, -0.2) is 0 Å². The summed E-state index contributed by atoms with van der Waals surface area (Å²) < 4.78 is 1.10. The molecule has 0 saturated carbocycles. The molecule has 19 heavy (non-hydrogen) atoms. The Morgan fingerprint density at radius 2 is 1.79 bits per heavy atom. The number of hydrogen-bond acceptors (Lipinski definition) is 0. The molecule has 0 nitrogen and oxygen atoms in total. The lowest BCUT2D eigenvalue weighted by molar-refractivity contribution is 1.04. The Bertz CT molecular complexity index is 429. The molecule has 0 N–H and O–H groups in total. The highest BCUT2D eigenvalue weighted by Crippen LogP contribution is 2.23. The number of allylic oxidation sites excluding steroid dienone is 11. The molecule has 0 saturated heterocycles. The SMILES string of the molecule is C=C/C=C\C=C(/CC)C(/C=C\C(Br)=C/C)=C(C)CC. The van der Waals surface area contributed by atoms with Crippen molar-refractivity contribution >= 4 is 15.9 Å². The summed E-state index contributed by atoms with van der Waals surface area (Å²) in [4.78, 5) is 0. The minimum atomic E-state index is 1.02. The van der Waals surface area contributed by atoms with E-state index in [0.717, 1.165) is 17.3 Å². The average molecular weight is 321 g/mol. The third-order valence-corrected chi connectivity index (χ3v) is 3.67. The Hall–Kier alpha value is -1.08. The van der Waals surface area contributed by atoms with Crippen LogP contribution in [0.1, 0.15) is 40.5 Å². The first kappa shape index (κ1) is 17.9. The zero-order chi connectivity index (χ0) is 14.7. The highest BCUT2D eigenvalue weighted by molar-refractivity contribution is 9.11. The van der Waals surface area contributed by atoms with Gasteiger partial charge in [0.25, 0.3) is 0 Å². The van der Waals surface area contributed by atoms with Crippen LogP contribution in [0, 0.1) is 0 Å². The summed E-state index contributed by atoms with van der Waals surface area (Å²) >= 11 is 3.52. The molecule has 1 heteroatoms. The molecule has 0 aromatic carbocycles. The van der Waals surface area contributed by atoms with Crippen LogP contribution >= 0.6 is 15.9 Å². The van der Waals surface area contributed by atoms with E-state index in [1.807, 2.05) is 25.2 Å². The van der Waals surface area contributed by atoms with Crippen LogP contribution in [0.5, 0.6) is 0 Å². The maximum atomic E-state index is 3.69. The molecule has 0 aliphatic rings. The molecule has 0 heterocycles. The Labute approximate surface area is 127 Å². The molecule has 0 aliphatic heterocycles. The monoisotopic (exact) mass is 320 g/mol. The number of rotatable bonds is 7. The summed E-state index contributed by atoms with van der Waals surface area (Å²) in [6.45, 7) is 12.3. The molecule has 0 atom stereocenters. The van der Waals surface area contributed by atoms with Crippen molar-refractivity contribution in [1.29, 1.82) is 0 Å². The fraction of sp³-hybridized carbons (Fsp3) is 0.333. The minimum absolute atomic E-state index is 1.02. The van der Waals surface area contributed by atoms with Crippen molar-refractivity contribution in [3.63, 3.8) is 0 Å². The van der Waals surface area contributed by atoms with E-state index in [4.69, 9.17) is 0 Å². The van der Waals surface area contributed by atoms with Gasteiger partial charge in [0.2, 0.25) is 0 Å². The molecule has 0 radical (unpaired) electrons. The first-order valence-corrected chi connectivity index (χ1v) is 7.58. The molecular weight excluding hydrogens is 296 g/mol. The van der Waals surface area contributed by atoms with E-state index in [0.29, 0.717) is 0 Å². The normalized spacial score (nSPS) is 15.2. The Balaban J connectivity index is 5.48. The van der Waals surface area contributed by atoms with Crippen LogP contribution < -0.4 is 0 Å². The minimum Gasteiger partial charge on any atom is -0.0991 e. The first-order chi connectivity index (χ1) is 9.10. The topological polar surface area (TPSA) is 0 Å². The van der Waals surface area contributed by atoms with Crippen LogP contribution in [0.3, 0.4) is 0 Å². The summed E-state index contributed by atoms with van der Waals surface area (Å²) in [7, 11) is 0. The summed E-state index contributed by atoms with van der Waals surface area (Å²) in [5.74, 6) is 0. The van der Waals surface area contributed by atoms with E-state index < -0.39 is 0 Å². The van der Waals surface area contributed by atoms with Crippen LogP contribution in [0.4, 0.5) is 0 Å². The number of halogens is 1. The van der Waals surface area contributed by atoms with Crippen molar-refractivity contribution in [2.45, 2.75) is 40.5 Å². The van der Waals surface area contributed by atoms with Gasteiger partial charge in [0, 0.05) is 4.48 Å². The van der Waals surface area contributed by atoms with Gasteiger partial charge < -0.3 is 0 Å². The van der Waals surface area contributed by atoms with Gasteiger partial charge in [-0.3, -0.25) is 0 Å². The fourth-order valence-corrected chi connectivity index (χ4v) is 1.75. The van der Waals surface area contributed by atoms with Crippen LogP contribution in [-0.2, 0) is 0 Å². The third-order valence-electron chi connectivity index (χ3n) is 2.95. The maximum absolute atomic E-state index is 3.69. The second-order valence-electron chi connectivity index (χ2n) is 4.22. The molecular formula is C18H25Br. The van der Waals surface area contributed by atoms with Crippen molar-refractivity contribution in [2.75, 3.05) is 0 Å². The van der Waals surface area contributed by atoms with Gasteiger partial charge in [-0.25, -0.2) is 0 Å². The van der Waals surface area contributed by atoms with E-state index in [1.54, 1.807) is 6.08 Å². The molecule has 0 spiro atoms. The van der Waals surface area contributed by atoms with E-state index in [1.165, 1.54) is 16.7 Å². The molecule has 0 rings (SSSR count). The molecule has 0 amide bonds. The van der Waals surface area contributed by atoms with E-state index in [-0.39, 0.29) is 0 Å². The fourth-order valence-electron chi connectivity index (χ4n) is 1.62. The van der Waals surface area contributed by atoms with Gasteiger partial charge in [-0.15, -0.1) is 0 Å². The van der Waals surface area contributed by atoms with Crippen molar-refractivity contribution < 1.29 is 0 Å². The summed E-state index contributed by atoms with van der Waals surface area (Å²) in [5, 5.41) is 0. The van der Waals surface area contributed by atoms with Gasteiger partial charge in [0.15, 0.2) is 0 Å². The largest absolute Gasteiger partial charge is 0.0991 e. The second-order valence-corrected chi connectivity index (χ2v) is 5.14. The summed E-state index contributed by atoms with van der Waals surface area (Å²) in [6, 6.07) is 0. The highest BCUT2D eigenvalue weighted by atomic mass is 79.9. The average Bonchev–Trinajstić information content (AvgIpc) is 2.44. The molecule has 0 unspecified atom stereocenters. The molecule has 0 bridgehead atoms. The third kappa shape index (κ3) is 7.17. The lowest BCUT2D eigenvalue weighted by atomic mass is 9.96. The van der Waals surface area contributed by atoms with Crippen molar-refractivity contribution in [3.8, 4) is 0 Å². The summed E-state index contributed by atoms with van der Waals surface area (Å²) in [5.41, 5.74) is 4.09. The lowest BCUT2D eigenvalue weighted by Crippen LogP contribution is -1.90. The molecule has 0 fully saturated rings. The van der Waals surface area contributed by atoms with Gasteiger partial charge >= 0.3 is 0 Å². The van der Waals surface area contributed by atoms with E-state index in [9.17, 15) is 0 Å². The van der Waals surface area contributed by atoms with Crippen molar-refractivity contribution in [2.24, 2.45) is 0 Å². The predicted octanol–water partition coefficient (Wildman–Crippen LogP) is 6.65.